The van der Waals surface area contributed by atoms with Gasteiger partial charge >= 0.3 is 5.97 Å². The molecule has 0 heterocycles. The van der Waals surface area contributed by atoms with Gasteiger partial charge in [-0.05, 0) is 26.0 Å². The lowest BCUT2D eigenvalue weighted by Gasteiger charge is -2.00. The smallest absolute Gasteiger partial charge is 0.333 e. The summed E-state index contributed by atoms with van der Waals surface area (Å²) in [5.41, 5.74) is 1.08. The molecule has 0 fully saturated rings. The van der Waals surface area contributed by atoms with Crippen LogP contribution in [-0.4, -0.2) is 16.8 Å². The first-order valence-electron chi connectivity index (χ1n) is 5.12. The van der Waals surface area contributed by atoms with Crippen molar-refractivity contribution in [3.8, 4) is 0 Å². The molecule has 0 amide bonds. The fourth-order valence-electron chi connectivity index (χ4n) is 1.03. The van der Waals surface area contributed by atoms with Crippen LogP contribution in [0.5, 0.6) is 0 Å². The lowest BCUT2D eigenvalue weighted by atomic mass is 10.2. The Bertz CT molecular complexity index is 423. The first-order chi connectivity index (χ1) is 8.13. The predicted octanol–water partition coefficient (Wildman–Crippen LogP) is 2.11. The van der Waals surface area contributed by atoms with E-state index in [9.17, 15) is 9.00 Å². The number of carbonyl (C=O) groups is 1. The molecule has 0 aromatic heterocycles. The van der Waals surface area contributed by atoms with E-state index in [4.69, 9.17) is 4.18 Å². The van der Waals surface area contributed by atoms with Crippen molar-refractivity contribution in [2.24, 2.45) is 0 Å². The maximum atomic E-state index is 11.6. The van der Waals surface area contributed by atoms with E-state index in [0.29, 0.717) is 11.5 Å². The molecule has 1 rings (SSSR count). The molecule has 4 nitrogen and oxygen atoms in total. The third-order valence-corrected chi connectivity index (χ3v) is 2.79. The van der Waals surface area contributed by atoms with Crippen LogP contribution in [0.1, 0.15) is 12.5 Å². The Morgan fingerprint density at radius 3 is 2.59 bits per heavy atom. The van der Waals surface area contributed by atoms with Crippen LogP contribution in [0.25, 0.3) is 0 Å². The van der Waals surface area contributed by atoms with Gasteiger partial charge < -0.3 is 8.92 Å². The van der Waals surface area contributed by atoms with E-state index < -0.39 is 17.0 Å². The van der Waals surface area contributed by atoms with E-state index in [1.807, 2.05) is 19.1 Å². The molecule has 1 atom stereocenters. The summed E-state index contributed by atoms with van der Waals surface area (Å²) in [5, 5.41) is 0. The van der Waals surface area contributed by atoms with Crippen LogP contribution >= 0.6 is 0 Å². The van der Waals surface area contributed by atoms with E-state index in [1.54, 1.807) is 19.1 Å². The Labute approximate surface area is 103 Å². The fraction of sp³-hybridized carbons (Fsp3) is 0.250. The number of aryl methyl sites for hydroxylation is 1. The van der Waals surface area contributed by atoms with Crippen LogP contribution in [0, 0.1) is 6.92 Å². The zero-order valence-electron chi connectivity index (χ0n) is 9.71. The van der Waals surface area contributed by atoms with Crippen LogP contribution in [0.4, 0.5) is 0 Å². The average Bonchev–Trinajstić information content (AvgIpc) is 2.30. The minimum absolute atomic E-state index is 0.296. The summed E-state index contributed by atoms with van der Waals surface area (Å²) >= 11 is -1.61. The quantitative estimate of drug-likeness (QED) is 0.459. The maximum Gasteiger partial charge on any atom is 0.333 e. The third kappa shape index (κ3) is 4.82. The summed E-state index contributed by atoms with van der Waals surface area (Å²) < 4.78 is 21.1. The highest BCUT2D eigenvalue weighted by atomic mass is 32.2. The van der Waals surface area contributed by atoms with Crippen molar-refractivity contribution in [3.05, 3.63) is 42.2 Å². The summed E-state index contributed by atoms with van der Waals surface area (Å²) in [6.45, 7) is 3.94. The Hall–Kier alpha value is -1.62. The van der Waals surface area contributed by atoms with Gasteiger partial charge in [-0.2, -0.15) is 0 Å². The number of ether oxygens (including phenoxy) is 1. The van der Waals surface area contributed by atoms with Gasteiger partial charge in [0.15, 0.2) is 0 Å². The van der Waals surface area contributed by atoms with Gasteiger partial charge in [0.25, 0.3) is 0 Å². The van der Waals surface area contributed by atoms with Gasteiger partial charge in [0.05, 0.1) is 17.6 Å². The zero-order valence-corrected chi connectivity index (χ0v) is 10.5. The molecule has 17 heavy (non-hydrogen) atoms. The highest BCUT2D eigenvalue weighted by molar-refractivity contribution is 7.80. The van der Waals surface area contributed by atoms with Crippen LogP contribution < -0.4 is 0 Å². The molecule has 92 valence electrons. The monoisotopic (exact) mass is 254 g/mol. The molecule has 0 saturated carbocycles. The molecule has 0 aliphatic heterocycles. The molecule has 1 unspecified atom stereocenters. The number of esters is 1. The minimum atomic E-state index is -1.61. The first-order valence-corrected chi connectivity index (χ1v) is 6.20. The van der Waals surface area contributed by atoms with Crippen molar-refractivity contribution in [2.75, 3.05) is 6.61 Å². The van der Waals surface area contributed by atoms with Crippen molar-refractivity contribution in [1.29, 1.82) is 0 Å². The number of carbonyl (C=O) groups excluding carboxylic acids is 1. The van der Waals surface area contributed by atoms with E-state index in [-0.39, 0.29) is 0 Å². The number of hydrogen-bond acceptors (Lipinski definition) is 4. The predicted molar refractivity (Wildman–Crippen MR) is 64.4 cm³/mol. The number of rotatable bonds is 5. The minimum Gasteiger partial charge on any atom is -0.463 e. The van der Waals surface area contributed by atoms with Gasteiger partial charge in [-0.1, -0.05) is 17.7 Å². The van der Waals surface area contributed by atoms with Gasteiger partial charge in [-0.3, -0.25) is 0 Å². The lowest BCUT2D eigenvalue weighted by molar-refractivity contribution is -0.137. The molecular formula is C12H14O4S. The molecule has 0 radical (unpaired) electrons. The summed E-state index contributed by atoms with van der Waals surface area (Å²) in [6.07, 6.45) is 2.17. The molecule has 0 saturated heterocycles. The second kappa shape index (κ2) is 6.85. The van der Waals surface area contributed by atoms with E-state index >= 15 is 0 Å². The molecule has 1 aromatic carbocycles. The Morgan fingerprint density at radius 1 is 1.35 bits per heavy atom. The molecule has 0 aliphatic carbocycles. The molecular weight excluding hydrogens is 240 g/mol. The van der Waals surface area contributed by atoms with Crippen LogP contribution in [-0.2, 0) is 24.8 Å². The zero-order chi connectivity index (χ0) is 12.7. The summed E-state index contributed by atoms with van der Waals surface area (Å²) in [7, 11) is 0. The SMILES string of the molecule is CCOC(=O)C=COS(=O)c1ccc(C)cc1. The highest BCUT2D eigenvalue weighted by Crippen LogP contribution is 2.09. The summed E-state index contributed by atoms with van der Waals surface area (Å²) in [6, 6.07) is 7.10. The van der Waals surface area contributed by atoms with Crippen LogP contribution in [0.15, 0.2) is 41.5 Å². The second-order valence-corrected chi connectivity index (χ2v) is 4.33. The van der Waals surface area contributed by atoms with Crippen molar-refractivity contribution >= 4 is 17.0 Å². The van der Waals surface area contributed by atoms with E-state index in [2.05, 4.69) is 4.74 Å². The molecule has 0 aliphatic rings. The van der Waals surface area contributed by atoms with Gasteiger partial charge in [0.1, 0.15) is 6.26 Å². The molecule has 0 spiro atoms. The first kappa shape index (κ1) is 13.4. The molecule has 5 heteroatoms. The van der Waals surface area contributed by atoms with Crippen molar-refractivity contribution < 1.29 is 17.9 Å². The van der Waals surface area contributed by atoms with Gasteiger partial charge in [-0.25, -0.2) is 9.00 Å². The maximum absolute atomic E-state index is 11.6. The number of hydrogen-bond donors (Lipinski definition) is 0. The van der Waals surface area contributed by atoms with Crippen LogP contribution in [0.2, 0.25) is 0 Å². The van der Waals surface area contributed by atoms with Gasteiger partial charge in [0.2, 0.25) is 11.1 Å². The molecule has 0 N–H and O–H groups in total. The summed E-state index contributed by atoms with van der Waals surface area (Å²) in [5.74, 6) is -0.520. The topological polar surface area (TPSA) is 52.6 Å². The normalized spacial score (nSPS) is 12.4. The standard InChI is InChI=1S/C12H14O4S/c1-3-15-12(13)8-9-16-17(14)11-6-4-10(2)5-7-11/h4-9H,3H2,1-2H3. The van der Waals surface area contributed by atoms with Crippen molar-refractivity contribution in [1.82, 2.24) is 0 Å². The third-order valence-electron chi connectivity index (χ3n) is 1.85. The number of benzene rings is 1. The molecule has 1 aromatic rings. The van der Waals surface area contributed by atoms with Crippen molar-refractivity contribution in [3.63, 3.8) is 0 Å². The van der Waals surface area contributed by atoms with E-state index in [1.165, 1.54) is 0 Å². The van der Waals surface area contributed by atoms with Crippen LogP contribution in [0.3, 0.4) is 0 Å². The van der Waals surface area contributed by atoms with Gasteiger partial charge in [0, 0.05) is 0 Å². The molecule has 0 bridgehead atoms. The van der Waals surface area contributed by atoms with Gasteiger partial charge in [-0.15, -0.1) is 0 Å². The largest absolute Gasteiger partial charge is 0.463 e. The Kier molecular flexibility index (Phi) is 5.42. The summed E-state index contributed by atoms with van der Waals surface area (Å²) in [4.78, 5) is 11.5. The lowest BCUT2D eigenvalue weighted by Crippen LogP contribution is -2.00. The van der Waals surface area contributed by atoms with E-state index in [0.717, 1.165) is 17.9 Å². The highest BCUT2D eigenvalue weighted by Gasteiger charge is 2.02. The Balaban J connectivity index is 2.50. The fourth-order valence-corrected chi connectivity index (χ4v) is 1.65. The Morgan fingerprint density at radius 2 is 2.00 bits per heavy atom. The van der Waals surface area contributed by atoms with Crippen molar-refractivity contribution in [2.45, 2.75) is 18.7 Å². The second-order valence-electron chi connectivity index (χ2n) is 3.20. The average molecular weight is 254 g/mol.